The van der Waals surface area contributed by atoms with Crippen molar-refractivity contribution in [2.75, 3.05) is 0 Å². The number of rotatable bonds is 5. The van der Waals surface area contributed by atoms with Gasteiger partial charge in [0.1, 0.15) is 0 Å². The van der Waals surface area contributed by atoms with Crippen LogP contribution in [-0.2, 0) is 0 Å². The van der Waals surface area contributed by atoms with Crippen LogP contribution in [-0.4, -0.2) is 0 Å². The molecule has 122 valence electrons. The van der Waals surface area contributed by atoms with Crippen LogP contribution in [0.15, 0.2) is 0 Å². The summed E-state index contributed by atoms with van der Waals surface area (Å²) >= 11 is 0. The topological polar surface area (TPSA) is 0 Å². The van der Waals surface area contributed by atoms with Crippen molar-refractivity contribution in [1.82, 2.24) is 0 Å². The molecule has 0 heterocycles. The second-order valence-corrected chi connectivity index (χ2v) is 8.73. The van der Waals surface area contributed by atoms with Crippen LogP contribution in [0.1, 0.15) is 97.3 Å². The van der Waals surface area contributed by atoms with Crippen LogP contribution >= 0.6 is 0 Å². The van der Waals surface area contributed by atoms with E-state index in [2.05, 4.69) is 13.8 Å². The van der Waals surface area contributed by atoms with E-state index in [1.54, 1.807) is 51.4 Å². The minimum absolute atomic E-state index is 1.03. The second kappa shape index (κ2) is 7.51. The predicted octanol–water partition coefficient (Wildman–Crippen LogP) is 6.84. The Hall–Kier alpha value is 0. The Bertz CT molecular complexity index is 299. The van der Waals surface area contributed by atoms with Crippen molar-refractivity contribution in [3.05, 3.63) is 0 Å². The van der Waals surface area contributed by atoms with Gasteiger partial charge in [-0.25, -0.2) is 0 Å². The first kappa shape index (κ1) is 15.9. The molecule has 0 radical (unpaired) electrons. The first-order chi connectivity index (χ1) is 10.3. The second-order valence-electron chi connectivity index (χ2n) is 8.73. The first-order valence-corrected chi connectivity index (χ1v) is 10.3. The van der Waals surface area contributed by atoms with E-state index < -0.39 is 0 Å². The van der Waals surface area contributed by atoms with E-state index in [0.29, 0.717) is 0 Å². The predicted molar refractivity (Wildman–Crippen MR) is 92.3 cm³/mol. The molecule has 4 unspecified atom stereocenters. The van der Waals surface area contributed by atoms with Gasteiger partial charge in [-0.1, -0.05) is 65.2 Å². The summed E-state index contributed by atoms with van der Waals surface area (Å²) in [6.45, 7) is 4.98. The van der Waals surface area contributed by atoms with Crippen LogP contribution in [0, 0.1) is 35.5 Å². The van der Waals surface area contributed by atoms with Crippen molar-refractivity contribution >= 4 is 0 Å². The van der Waals surface area contributed by atoms with Crippen LogP contribution in [0.5, 0.6) is 0 Å². The molecule has 3 aliphatic rings. The highest BCUT2D eigenvalue weighted by molar-refractivity contribution is 4.92. The van der Waals surface area contributed by atoms with Gasteiger partial charge < -0.3 is 0 Å². The maximum absolute atomic E-state index is 2.64. The van der Waals surface area contributed by atoms with Gasteiger partial charge in [-0.3, -0.25) is 0 Å². The minimum Gasteiger partial charge on any atom is -0.0654 e. The van der Waals surface area contributed by atoms with Gasteiger partial charge in [-0.05, 0) is 67.6 Å². The molecule has 0 amide bonds. The SMILES string of the molecule is CCCCC1CCC(C(C)C2CCC3CCCCC32)CC1. The van der Waals surface area contributed by atoms with E-state index in [0.717, 1.165) is 35.5 Å². The van der Waals surface area contributed by atoms with E-state index in [4.69, 9.17) is 0 Å². The van der Waals surface area contributed by atoms with Crippen molar-refractivity contribution in [3.63, 3.8) is 0 Å². The Morgan fingerprint density at radius 3 is 2.38 bits per heavy atom. The Morgan fingerprint density at radius 1 is 0.857 bits per heavy atom. The molecule has 21 heavy (non-hydrogen) atoms. The monoisotopic (exact) mass is 290 g/mol. The molecule has 0 aromatic carbocycles. The summed E-state index contributed by atoms with van der Waals surface area (Å²) in [4.78, 5) is 0. The average molecular weight is 291 g/mol. The first-order valence-electron chi connectivity index (χ1n) is 10.3. The maximum Gasteiger partial charge on any atom is -0.0355 e. The number of hydrogen-bond donors (Lipinski definition) is 0. The van der Waals surface area contributed by atoms with Gasteiger partial charge in [0.2, 0.25) is 0 Å². The zero-order chi connectivity index (χ0) is 14.7. The molecule has 0 heteroatoms. The normalized spacial score (nSPS) is 41.7. The molecule has 3 fully saturated rings. The summed E-state index contributed by atoms with van der Waals surface area (Å²) in [5, 5.41) is 0. The van der Waals surface area contributed by atoms with Gasteiger partial charge in [0, 0.05) is 0 Å². The lowest BCUT2D eigenvalue weighted by atomic mass is 9.67. The molecule has 0 saturated heterocycles. The van der Waals surface area contributed by atoms with Gasteiger partial charge in [0.05, 0.1) is 0 Å². The summed E-state index contributed by atoms with van der Waals surface area (Å²) in [6, 6.07) is 0. The molecule has 0 spiro atoms. The zero-order valence-electron chi connectivity index (χ0n) is 14.7. The number of unbranched alkanes of at least 4 members (excludes halogenated alkanes) is 1. The highest BCUT2D eigenvalue weighted by Gasteiger charge is 2.42. The Labute approximate surface area is 133 Å². The quantitative estimate of drug-likeness (QED) is 0.520. The van der Waals surface area contributed by atoms with Crippen LogP contribution in [0.3, 0.4) is 0 Å². The molecule has 3 rings (SSSR count). The molecule has 0 aromatic rings. The molecule has 0 nitrogen and oxygen atoms in total. The fourth-order valence-corrected chi connectivity index (χ4v) is 6.28. The third kappa shape index (κ3) is 3.67. The van der Waals surface area contributed by atoms with Gasteiger partial charge in [0.15, 0.2) is 0 Å². The van der Waals surface area contributed by atoms with E-state index >= 15 is 0 Å². The largest absolute Gasteiger partial charge is 0.0654 e. The van der Waals surface area contributed by atoms with Gasteiger partial charge in [-0.15, -0.1) is 0 Å². The minimum atomic E-state index is 1.03. The van der Waals surface area contributed by atoms with Crippen molar-refractivity contribution in [1.29, 1.82) is 0 Å². The summed E-state index contributed by atoms with van der Waals surface area (Å²) < 4.78 is 0. The third-order valence-electron chi connectivity index (χ3n) is 7.66. The molecule has 0 bridgehead atoms. The number of fused-ring (bicyclic) bond motifs is 1. The fourth-order valence-electron chi connectivity index (χ4n) is 6.28. The van der Waals surface area contributed by atoms with Gasteiger partial charge >= 0.3 is 0 Å². The third-order valence-corrected chi connectivity index (χ3v) is 7.66. The molecule has 4 atom stereocenters. The van der Waals surface area contributed by atoms with Crippen molar-refractivity contribution in [2.45, 2.75) is 97.3 Å². The van der Waals surface area contributed by atoms with Gasteiger partial charge in [-0.2, -0.15) is 0 Å². The maximum atomic E-state index is 2.64. The lowest BCUT2D eigenvalue weighted by Gasteiger charge is -2.39. The van der Waals surface area contributed by atoms with Crippen molar-refractivity contribution < 1.29 is 0 Å². The molecule has 0 N–H and O–H groups in total. The average Bonchev–Trinajstić information content (AvgIpc) is 2.97. The van der Waals surface area contributed by atoms with Crippen molar-refractivity contribution in [2.24, 2.45) is 35.5 Å². The molecular weight excluding hydrogens is 252 g/mol. The smallest absolute Gasteiger partial charge is 0.0355 e. The summed E-state index contributed by atoms with van der Waals surface area (Å²) in [5.74, 6) is 6.56. The lowest BCUT2D eigenvalue weighted by Crippen LogP contribution is -2.30. The summed E-state index contributed by atoms with van der Waals surface area (Å²) in [5.41, 5.74) is 0. The van der Waals surface area contributed by atoms with Crippen LogP contribution in [0.2, 0.25) is 0 Å². The summed E-state index contributed by atoms with van der Waals surface area (Å²) in [7, 11) is 0. The van der Waals surface area contributed by atoms with Crippen molar-refractivity contribution in [3.8, 4) is 0 Å². The van der Waals surface area contributed by atoms with Crippen LogP contribution < -0.4 is 0 Å². The lowest BCUT2D eigenvalue weighted by molar-refractivity contribution is 0.113. The Balaban J connectivity index is 1.49. The van der Waals surface area contributed by atoms with E-state index in [9.17, 15) is 0 Å². The molecule has 0 aromatic heterocycles. The van der Waals surface area contributed by atoms with Crippen LogP contribution in [0.4, 0.5) is 0 Å². The molecule has 0 aliphatic heterocycles. The number of hydrogen-bond acceptors (Lipinski definition) is 0. The van der Waals surface area contributed by atoms with E-state index in [-0.39, 0.29) is 0 Å². The van der Waals surface area contributed by atoms with Gasteiger partial charge in [0.25, 0.3) is 0 Å². The highest BCUT2D eigenvalue weighted by Crippen LogP contribution is 2.51. The van der Waals surface area contributed by atoms with E-state index in [1.165, 1.54) is 32.1 Å². The highest BCUT2D eigenvalue weighted by atomic mass is 14.5. The fraction of sp³-hybridized carbons (Fsp3) is 1.00. The summed E-state index contributed by atoms with van der Waals surface area (Å²) in [6.07, 6.45) is 20.0. The zero-order valence-corrected chi connectivity index (χ0v) is 14.7. The van der Waals surface area contributed by atoms with E-state index in [1.807, 2.05) is 0 Å². The molecular formula is C21H38. The Morgan fingerprint density at radius 2 is 1.62 bits per heavy atom. The molecule has 3 saturated carbocycles. The standard InChI is InChI=1S/C21H38/c1-3-4-7-17-10-12-18(13-11-17)16(2)20-15-14-19-8-5-6-9-21(19)20/h16-21H,3-15H2,1-2H3. The molecule has 3 aliphatic carbocycles. The Kier molecular flexibility index (Phi) is 5.68. The van der Waals surface area contributed by atoms with Crippen LogP contribution in [0.25, 0.3) is 0 Å².